The molecule has 0 radical (unpaired) electrons. The van der Waals surface area contributed by atoms with E-state index in [1.165, 1.54) is 4.88 Å². The molecule has 25 heavy (non-hydrogen) atoms. The van der Waals surface area contributed by atoms with Crippen LogP contribution in [0.4, 0.5) is 0 Å². The number of thiazole rings is 1. The zero-order chi connectivity index (χ0) is 17.2. The summed E-state index contributed by atoms with van der Waals surface area (Å²) < 4.78 is 11.0. The largest absolute Gasteiger partial charge is 0.385 e. The van der Waals surface area contributed by atoms with E-state index < -0.39 is 0 Å². The van der Waals surface area contributed by atoms with Crippen molar-refractivity contribution in [3.8, 4) is 0 Å². The maximum atomic E-state index is 5.93. The van der Waals surface area contributed by atoms with Gasteiger partial charge in [0.05, 0.1) is 17.7 Å². The maximum absolute atomic E-state index is 5.93. The van der Waals surface area contributed by atoms with Crippen molar-refractivity contribution >= 4 is 41.3 Å². The van der Waals surface area contributed by atoms with Gasteiger partial charge in [0.15, 0.2) is 5.96 Å². The summed E-state index contributed by atoms with van der Waals surface area (Å²) in [5.41, 5.74) is 0. The summed E-state index contributed by atoms with van der Waals surface area (Å²) in [6.07, 6.45) is 5.36. The highest BCUT2D eigenvalue weighted by molar-refractivity contribution is 14.0. The number of hydrogen-bond acceptors (Lipinski definition) is 5. The molecule has 0 aromatic carbocycles. The minimum Gasteiger partial charge on any atom is -0.385 e. The molecule has 1 saturated heterocycles. The van der Waals surface area contributed by atoms with E-state index in [2.05, 4.69) is 22.1 Å². The Balaban J connectivity index is 0.00000312. The van der Waals surface area contributed by atoms with E-state index in [0.29, 0.717) is 12.6 Å². The SMILES string of the molecule is CCNC(=NCc1cnc(C)s1)N1CCC(OCCCOC)CC1.I. The minimum atomic E-state index is 0. The first-order valence-corrected chi connectivity index (χ1v) is 9.59. The van der Waals surface area contributed by atoms with Crippen molar-refractivity contribution in [1.82, 2.24) is 15.2 Å². The summed E-state index contributed by atoms with van der Waals surface area (Å²) in [5.74, 6) is 1.00. The van der Waals surface area contributed by atoms with Gasteiger partial charge in [-0.25, -0.2) is 9.98 Å². The second kappa shape index (κ2) is 12.8. The zero-order valence-corrected chi connectivity index (χ0v) is 18.6. The Bertz CT molecular complexity index is 505. The summed E-state index contributed by atoms with van der Waals surface area (Å²) in [7, 11) is 1.73. The topological polar surface area (TPSA) is 59.0 Å². The molecule has 8 heteroatoms. The van der Waals surface area contributed by atoms with Gasteiger partial charge in [0, 0.05) is 51.0 Å². The van der Waals surface area contributed by atoms with Crippen molar-refractivity contribution in [3.63, 3.8) is 0 Å². The number of aromatic nitrogens is 1. The van der Waals surface area contributed by atoms with Crippen molar-refractivity contribution in [1.29, 1.82) is 0 Å². The number of nitrogens with zero attached hydrogens (tertiary/aromatic N) is 3. The van der Waals surface area contributed by atoms with Crippen LogP contribution in [-0.4, -0.2) is 61.9 Å². The molecular formula is C17H31IN4O2S. The van der Waals surface area contributed by atoms with Crippen molar-refractivity contribution in [2.45, 2.75) is 45.8 Å². The first-order valence-electron chi connectivity index (χ1n) is 8.78. The lowest BCUT2D eigenvalue weighted by atomic mass is 10.1. The molecule has 1 aliphatic rings. The van der Waals surface area contributed by atoms with Crippen LogP contribution in [0.1, 0.15) is 36.1 Å². The quantitative estimate of drug-likeness (QED) is 0.267. The predicted octanol–water partition coefficient (Wildman–Crippen LogP) is 3.05. The molecule has 1 fully saturated rings. The molecule has 2 heterocycles. The fourth-order valence-corrected chi connectivity index (χ4v) is 3.46. The molecule has 1 aliphatic heterocycles. The second-order valence-electron chi connectivity index (χ2n) is 5.92. The summed E-state index contributed by atoms with van der Waals surface area (Å²) in [4.78, 5) is 12.6. The van der Waals surface area contributed by atoms with E-state index in [9.17, 15) is 0 Å². The molecule has 0 atom stereocenters. The lowest BCUT2D eigenvalue weighted by Gasteiger charge is -2.34. The molecule has 0 saturated carbocycles. The first kappa shape index (κ1) is 22.6. The Hall–Kier alpha value is -0.450. The number of aliphatic imine (C=N–C) groups is 1. The van der Waals surface area contributed by atoms with Gasteiger partial charge in [0.2, 0.25) is 0 Å². The standard InChI is InChI=1S/C17H30N4O2S.HI/c1-4-18-17(20-13-16-12-19-14(2)24-16)21-8-6-15(7-9-21)23-11-5-10-22-3;/h12,15H,4-11,13H2,1-3H3,(H,18,20);1H. The number of halogens is 1. The van der Waals surface area contributed by atoms with Gasteiger partial charge < -0.3 is 19.7 Å². The lowest BCUT2D eigenvalue weighted by Crippen LogP contribution is -2.47. The van der Waals surface area contributed by atoms with Crippen LogP contribution in [0.3, 0.4) is 0 Å². The molecule has 1 aromatic rings. The number of methoxy groups -OCH3 is 1. The number of rotatable bonds is 8. The number of piperidine rings is 1. The van der Waals surface area contributed by atoms with Crippen LogP contribution in [0.2, 0.25) is 0 Å². The van der Waals surface area contributed by atoms with E-state index in [0.717, 1.165) is 63.1 Å². The fourth-order valence-electron chi connectivity index (χ4n) is 2.74. The van der Waals surface area contributed by atoms with Crippen LogP contribution < -0.4 is 5.32 Å². The smallest absolute Gasteiger partial charge is 0.194 e. The maximum Gasteiger partial charge on any atom is 0.194 e. The van der Waals surface area contributed by atoms with Gasteiger partial charge in [-0.15, -0.1) is 35.3 Å². The molecule has 2 rings (SSSR count). The van der Waals surface area contributed by atoms with Crippen molar-refractivity contribution in [2.24, 2.45) is 4.99 Å². The first-order chi connectivity index (χ1) is 11.7. The zero-order valence-electron chi connectivity index (χ0n) is 15.5. The molecule has 6 nitrogen and oxygen atoms in total. The fraction of sp³-hybridized carbons (Fsp3) is 0.765. The molecule has 0 spiro atoms. The Morgan fingerprint density at radius 1 is 1.40 bits per heavy atom. The highest BCUT2D eigenvalue weighted by Gasteiger charge is 2.21. The molecule has 0 amide bonds. The monoisotopic (exact) mass is 482 g/mol. The lowest BCUT2D eigenvalue weighted by molar-refractivity contribution is 0.00990. The number of ether oxygens (including phenoxy) is 2. The van der Waals surface area contributed by atoms with E-state index >= 15 is 0 Å². The molecule has 0 aliphatic carbocycles. The average Bonchev–Trinajstić information content (AvgIpc) is 3.01. The van der Waals surface area contributed by atoms with E-state index in [1.807, 2.05) is 13.1 Å². The number of aryl methyl sites for hydroxylation is 1. The van der Waals surface area contributed by atoms with Gasteiger partial charge in [0.25, 0.3) is 0 Å². The van der Waals surface area contributed by atoms with Crippen LogP contribution in [0.15, 0.2) is 11.2 Å². The van der Waals surface area contributed by atoms with Crippen LogP contribution in [-0.2, 0) is 16.0 Å². The summed E-state index contributed by atoms with van der Waals surface area (Å²) >= 11 is 1.71. The number of likely N-dealkylation sites (tertiary alicyclic amines) is 1. The Morgan fingerprint density at radius 3 is 2.76 bits per heavy atom. The average molecular weight is 482 g/mol. The molecule has 1 aromatic heterocycles. The third-order valence-corrected chi connectivity index (χ3v) is 4.87. The molecule has 144 valence electrons. The Labute approximate surface area is 172 Å². The number of nitrogens with one attached hydrogen (secondary N) is 1. The van der Waals surface area contributed by atoms with E-state index in [-0.39, 0.29) is 24.0 Å². The van der Waals surface area contributed by atoms with Gasteiger partial charge in [-0.05, 0) is 33.1 Å². The van der Waals surface area contributed by atoms with E-state index in [4.69, 9.17) is 14.5 Å². The number of guanidine groups is 1. The summed E-state index contributed by atoms with van der Waals surface area (Å²) in [5, 5.41) is 4.50. The van der Waals surface area contributed by atoms with Crippen LogP contribution in [0.25, 0.3) is 0 Å². The summed E-state index contributed by atoms with van der Waals surface area (Å²) in [6.45, 7) is 9.25. The second-order valence-corrected chi connectivity index (χ2v) is 7.24. The highest BCUT2D eigenvalue weighted by Crippen LogP contribution is 2.16. The van der Waals surface area contributed by atoms with Crippen molar-refractivity contribution in [2.75, 3.05) is 40.0 Å². The molecular weight excluding hydrogens is 451 g/mol. The molecule has 0 unspecified atom stereocenters. The highest BCUT2D eigenvalue weighted by atomic mass is 127. The third-order valence-electron chi connectivity index (χ3n) is 3.98. The summed E-state index contributed by atoms with van der Waals surface area (Å²) in [6, 6.07) is 0. The number of hydrogen-bond donors (Lipinski definition) is 1. The Kier molecular flexibility index (Phi) is 11.6. The normalized spacial score (nSPS) is 16.0. The van der Waals surface area contributed by atoms with E-state index in [1.54, 1.807) is 18.4 Å². The van der Waals surface area contributed by atoms with Gasteiger partial charge in [-0.3, -0.25) is 0 Å². The van der Waals surface area contributed by atoms with Crippen LogP contribution >= 0.6 is 35.3 Å². The Morgan fingerprint density at radius 2 is 2.16 bits per heavy atom. The third kappa shape index (κ3) is 8.19. The van der Waals surface area contributed by atoms with Crippen LogP contribution in [0.5, 0.6) is 0 Å². The van der Waals surface area contributed by atoms with Crippen LogP contribution in [0, 0.1) is 6.92 Å². The molecule has 0 bridgehead atoms. The van der Waals surface area contributed by atoms with Crippen molar-refractivity contribution < 1.29 is 9.47 Å². The van der Waals surface area contributed by atoms with Gasteiger partial charge in [-0.1, -0.05) is 0 Å². The van der Waals surface area contributed by atoms with Gasteiger partial charge >= 0.3 is 0 Å². The molecule has 1 N–H and O–H groups in total. The van der Waals surface area contributed by atoms with Crippen molar-refractivity contribution in [3.05, 3.63) is 16.1 Å². The minimum absolute atomic E-state index is 0. The van der Waals surface area contributed by atoms with Gasteiger partial charge in [-0.2, -0.15) is 0 Å². The predicted molar refractivity (Wildman–Crippen MR) is 114 cm³/mol. The van der Waals surface area contributed by atoms with Gasteiger partial charge in [0.1, 0.15) is 0 Å².